The van der Waals surface area contributed by atoms with Crippen LogP contribution in [-0.2, 0) is 0 Å². The van der Waals surface area contributed by atoms with Crippen molar-refractivity contribution in [2.45, 2.75) is 26.0 Å². The second kappa shape index (κ2) is 6.58. The molecule has 0 heterocycles. The van der Waals surface area contributed by atoms with Crippen LogP contribution < -0.4 is 5.32 Å². The molecule has 0 aromatic heterocycles. The molecule has 0 radical (unpaired) electrons. The van der Waals surface area contributed by atoms with Crippen LogP contribution in [0.5, 0.6) is 11.5 Å². The zero-order valence-electron chi connectivity index (χ0n) is 9.34. The Bertz CT molecular complexity index is 333. The monoisotopic (exact) mass is 247 g/mol. The number of likely N-dealkylation sites (N-methyl/N-ethyl adjacent to an activating group) is 1. The second-order valence-electron chi connectivity index (χ2n) is 3.54. The van der Waals surface area contributed by atoms with Crippen molar-refractivity contribution in [3.8, 4) is 11.5 Å². The van der Waals surface area contributed by atoms with Crippen LogP contribution in [0, 0.1) is 0 Å². The number of phenols is 2. The van der Waals surface area contributed by atoms with Crippen molar-refractivity contribution < 1.29 is 15.3 Å². The quantitative estimate of drug-likeness (QED) is 0.610. The Morgan fingerprint density at radius 1 is 1.25 bits per heavy atom. The minimum atomic E-state index is -0.698. The van der Waals surface area contributed by atoms with Crippen molar-refractivity contribution >= 4 is 12.4 Å². The lowest BCUT2D eigenvalue weighted by Crippen LogP contribution is -2.31. The lowest BCUT2D eigenvalue weighted by molar-refractivity contribution is 0.137. The number of aliphatic hydroxyl groups excluding tert-OH is 1. The van der Waals surface area contributed by atoms with Gasteiger partial charge < -0.3 is 20.6 Å². The van der Waals surface area contributed by atoms with E-state index in [-0.39, 0.29) is 29.9 Å². The largest absolute Gasteiger partial charge is 0.504 e. The third-order valence-corrected chi connectivity index (χ3v) is 2.34. The van der Waals surface area contributed by atoms with E-state index in [9.17, 15) is 10.2 Å². The first-order valence-electron chi connectivity index (χ1n) is 4.99. The molecule has 2 unspecified atom stereocenters. The van der Waals surface area contributed by atoms with E-state index < -0.39 is 6.10 Å². The minimum absolute atomic E-state index is 0. The van der Waals surface area contributed by atoms with Gasteiger partial charge in [0.1, 0.15) is 0 Å². The van der Waals surface area contributed by atoms with E-state index in [1.807, 2.05) is 13.8 Å². The summed E-state index contributed by atoms with van der Waals surface area (Å²) in [7, 11) is 0. The Morgan fingerprint density at radius 2 is 1.88 bits per heavy atom. The molecular formula is C11H18ClNO3. The molecule has 0 amide bonds. The fourth-order valence-corrected chi connectivity index (χ4v) is 1.45. The molecule has 0 aliphatic carbocycles. The van der Waals surface area contributed by atoms with Crippen molar-refractivity contribution in [2.75, 3.05) is 6.54 Å². The standard InChI is InChI=1S/C11H17NO3.ClH/c1-3-12-7(2)11(15)8-4-5-9(13)10(14)6-8;/h4-7,11-15H,3H2,1-2H3;1H. The highest BCUT2D eigenvalue weighted by atomic mass is 35.5. The summed E-state index contributed by atoms with van der Waals surface area (Å²) < 4.78 is 0. The minimum Gasteiger partial charge on any atom is -0.504 e. The van der Waals surface area contributed by atoms with E-state index in [2.05, 4.69) is 5.32 Å². The van der Waals surface area contributed by atoms with Gasteiger partial charge >= 0.3 is 0 Å². The van der Waals surface area contributed by atoms with Gasteiger partial charge in [0, 0.05) is 6.04 Å². The first-order chi connectivity index (χ1) is 7.06. The van der Waals surface area contributed by atoms with Crippen LogP contribution in [-0.4, -0.2) is 27.9 Å². The van der Waals surface area contributed by atoms with Gasteiger partial charge in [0.25, 0.3) is 0 Å². The predicted molar refractivity (Wildman–Crippen MR) is 65.1 cm³/mol. The van der Waals surface area contributed by atoms with Gasteiger partial charge in [-0.3, -0.25) is 0 Å². The highest BCUT2D eigenvalue weighted by Crippen LogP contribution is 2.28. The van der Waals surface area contributed by atoms with E-state index in [0.29, 0.717) is 5.56 Å². The van der Waals surface area contributed by atoms with Crippen molar-refractivity contribution in [1.82, 2.24) is 5.32 Å². The topological polar surface area (TPSA) is 72.7 Å². The molecule has 0 fully saturated rings. The van der Waals surface area contributed by atoms with Crippen LogP contribution in [0.3, 0.4) is 0 Å². The number of nitrogens with one attached hydrogen (secondary N) is 1. The Balaban J connectivity index is 0.00000225. The molecule has 2 atom stereocenters. The molecule has 1 rings (SSSR count). The summed E-state index contributed by atoms with van der Waals surface area (Å²) >= 11 is 0. The first-order valence-corrected chi connectivity index (χ1v) is 4.99. The first kappa shape index (κ1) is 15.0. The van der Waals surface area contributed by atoms with Crippen molar-refractivity contribution in [1.29, 1.82) is 0 Å². The molecule has 0 saturated carbocycles. The number of hydrogen-bond donors (Lipinski definition) is 4. The van der Waals surface area contributed by atoms with E-state index in [1.165, 1.54) is 12.1 Å². The van der Waals surface area contributed by atoms with Gasteiger partial charge in [0.15, 0.2) is 11.5 Å². The van der Waals surface area contributed by atoms with Crippen LogP contribution in [0.15, 0.2) is 18.2 Å². The molecular weight excluding hydrogens is 230 g/mol. The summed E-state index contributed by atoms with van der Waals surface area (Å²) in [6.07, 6.45) is -0.698. The molecule has 0 saturated heterocycles. The number of rotatable bonds is 4. The fourth-order valence-electron chi connectivity index (χ4n) is 1.45. The molecule has 92 valence electrons. The Kier molecular flexibility index (Phi) is 6.18. The van der Waals surface area contributed by atoms with Gasteiger partial charge in [-0.1, -0.05) is 13.0 Å². The van der Waals surface area contributed by atoms with Crippen LogP contribution in [0.2, 0.25) is 0 Å². The molecule has 0 spiro atoms. The van der Waals surface area contributed by atoms with E-state index >= 15 is 0 Å². The van der Waals surface area contributed by atoms with E-state index in [0.717, 1.165) is 6.54 Å². The molecule has 4 N–H and O–H groups in total. The van der Waals surface area contributed by atoms with Gasteiger partial charge in [-0.2, -0.15) is 0 Å². The fraction of sp³-hybridized carbons (Fsp3) is 0.455. The van der Waals surface area contributed by atoms with Gasteiger partial charge in [-0.05, 0) is 31.2 Å². The summed E-state index contributed by atoms with van der Waals surface area (Å²) in [4.78, 5) is 0. The van der Waals surface area contributed by atoms with Gasteiger partial charge in [0.2, 0.25) is 0 Å². The number of phenolic OH excluding ortho intramolecular Hbond substituents is 2. The Hall–Kier alpha value is -0.970. The van der Waals surface area contributed by atoms with Gasteiger partial charge in [0.05, 0.1) is 6.10 Å². The average Bonchev–Trinajstić information content (AvgIpc) is 2.21. The summed E-state index contributed by atoms with van der Waals surface area (Å²) in [5, 5.41) is 31.4. The zero-order chi connectivity index (χ0) is 11.4. The maximum atomic E-state index is 9.88. The van der Waals surface area contributed by atoms with Crippen molar-refractivity contribution in [2.24, 2.45) is 0 Å². The van der Waals surface area contributed by atoms with Crippen LogP contribution >= 0.6 is 12.4 Å². The van der Waals surface area contributed by atoms with E-state index in [4.69, 9.17) is 5.11 Å². The highest BCUT2D eigenvalue weighted by molar-refractivity contribution is 5.85. The number of halogens is 1. The summed E-state index contributed by atoms with van der Waals surface area (Å²) in [6, 6.07) is 4.23. The van der Waals surface area contributed by atoms with Crippen LogP contribution in [0.25, 0.3) is 0 Å². The highest BCUT2D eigenvalue weighted by Gasteiger charge is 2.16. The van der Waals surface area contributed by atoms with E-state index in [1.54, 1.807) is 6.07 Å². The third-order valence-electron chi connectivity index (χ3n) is 2.34. The summed E-state index contributed by atoms with van der Waals surface area (Å²) in [5.74, 6) is -0.391. The Morgan fingerprint density at radius 3 is 2.38 bits per heavy atom. The number of benzene rings is 1. The lowest BCUT2D eigenvalue weighted by atomic mass is 10.0. The zero-order valence-corrected chi connectivity index (χ0v) is 10.2. The van der Waals surface area contributed by atoms with Crippen LogP contribution in [0.1, 0.15) is 25.5 Å². The number of aromatic hydroxyl groups is 2. The molecule has 0 aliphatic heterocycles. The maximum Gasteiger partial charge on any atom is 0.157 e. The van der Waals surface area contributed by atoms with Gasteiger partial charge in [-0.15, -0.1) is 12.4 Å². The lowest BCUT2D eigenvalue weighted by Gasteiger charge is -2.20. The third kappa shape index (κ3) is 3.56. The van der Waals surface area contributed by atoms with Gasteiger partial charge in [-0.25, -0.2) is 0 Å². The predicted octanol–water partition coefficient (Wildman–Crippen LogP) is 1.55. The molecule has 1 aromatic rings. The normalized spacial score (nSPS) is 13.9. The molecule has 0 bridgehead atoms. The number of hydrogen-bond acceptors (Lipinski definition) is 4. The SMILES string of the molecule is CCNC(C)C(O)c1ccc(O)c(O)c1.Cl. The second-order valence-corrected chi connectivity index (χ2v) is 3.54. The maximum absolute atomic E-state index is 9.88. The molecule has 0 aliphatic rings. The summed E-state index contributed by atoms with van der Waals surface area (Å²) in [6.45, 7) is 4.58. The molecule has 1 aromatic carbocycles. The number of aliphatic hydroxyl groups is 1. The van der Waals surface area contributed by atoms with Crippen LogP contribution in [0.4, 0.5) is 0 Å². The summed E-state index contributed by atoms with van der Waals surface area (Å²) in [5.41, 5.74) is 0.582. The molecule has 16 heavy (non-hydrogen) atoms. The smallest absolute Gasteiger partial charge is 0.157 e. The van der Waals surface area contributed by atoms with Crippen molar-refractivity contribution in [3.63, 3.8) is 0 Å². The molecule has 5 heteroatoms. The Labute approximate surface area is 101 Å². The molecule has 4 nitrogen and oxygen atoms in total. The van der Waals surface area contributed by atoms with Crippen molar-refractivity contribution in [3.05, 3.63) is 23.8 Å². The average molecular weight is 248 g/mol.